The summed E-state index contributed by atoms with van der Waals surface area (Å²) in [6.07, 6.45) is 0. The van der Waals surface area contributed by atoms with Gasteiger partial charge in [0.25, 0.3) is 0 Å². The fraction of sp³-hybridized carbons (Fsp3) is 0.727. The summed E-state index contributed by atoms with van der Waals surface area (Å²) in [5, 5.41) is 14.9. The van der Waals surface area contributed by atoms with E-state index in [1.165, 1.54) is 0 Å². The second kappa shape index (κ2) is 6.00. The van der Waals surface area contributed by atoms with E-state index in [9.17, 15) is 5.11 Å². The van der Waals surface area contributed by atoms with Gasteiger partial charge in [0.1, 0.15) is 4.34 Å². The zero-order valence-electron chi connectivity index (χ0n) is 10.3. The van der Waals surface area contributed by atoms with Crippen molar-refractivity contribution in [1.82, 2.24) is 10.3 Å². The third-order valence-corrected chi connectivity index (χ3v) is 4.61. The quantitative estimate of drug-likeness (QED) is 0.770. The van der Waals surface area contributed by atoms with Crippen LogP contribution in [0.1, 0.15) is 26.5 Å². The zero-order valence-corrected chi connectivity index (χ0v) is 11.9. The number of thioether (sulfide) groups is 1. The van der Waals surface area contributed by atoms with E-state index in [4.69, 9.17) is 0 Å². The van der Waals surface area contributed by atoms with E-state index in [1.54, 1.807) is 23.1 Å². The molecule has 0 bridgehead atoms. The normalized spacial score (nSPS) is 15.4. The highest BCUT2D eigenvalue weighted by Gasteiger charge is 2.24. The molecule has 3 nitrogen and oxygen atoms in total. The van der Waals surface area contributed by atoms with Gasteiger partial charge in [-0.2, -0.15) is 0 Å². The first-order chi connectivity index (χ1) is 7.45. The average molecular weight is 260 g/mol. The second-order valence-corrected chi connectivity index (χ2v) is 6.64. The van der Waals surface area contributed by atoms with Crippen molar-refractivity contribution in [2.75, 3.05) is 12.4 Å². The molecule has 0 radical (unpaired) electrons. The van der Waals surface area contributed by atoms with Crippen LogP contribution in [0.2, 0.25) is 0 Å². The van der Waals surface area contributed by atoms with E-state index in [2.05, 4.69) is 29.5 Å². The minimum atomic E-state index is -0.238. The molecule has 0 amide bonds. The summed E-state index contributed by atoms with van der Waals surface area (Å²) in [6, 6.07) is 0.371. The third-order valence-electron chi connectivity index (χ3n) is 2.10. The number of aromatic nitrogens is 1. The van der Waals surface area contributed by atoms with Gasteiger partial charge in [-0.25, -0.2) is 4.98 Å². The summed E-state index contributed by atoms with van der Waals surface area (Å²) in [5.41, 5.74) is 0.827. The van der Waals surface area contributed by atoms with Gasteiger partial charge in [-0.05, 0) is 13.8 Å². The maximum absolute atomic E-state index is 9.42. The first-order valence-corrected chi connectivity index (χ1v) is 7.25. The predicted octanol–water partition coefficient (Wildman–Crippen LogP) is 2.29. The van der Waals surface area contributed by atoms with Crippen molar-refractivity contribution >= 4 is 23.1 Å². The maximum atomic E-state index is 9.42. The minimum Gasteiger partial charge on any atom is -0.394 e. The molecule has 2 N–H and O–H groups in total. The van der Waals surface area contributed by atoms with Crippen LogP contribution in [0.25, 0.3) is 0 Å². The highest BCUT2D eigenvalue weighted by atomic mass is 32.2. The van der Waals surface area contributed by atoms with Crippen LogP contribution in [-0.2, 0) is 0 Å². The number of rotatable bonds is 6. The number of aliphatic hydroxyl groups excluding tert-OH is 1. The smallest absolute Gasteiger partial charge is 0.150 e. The van der Waals surface area contributed by atoms with Gasteiger partial charge in [0, 0.05) is 28.4 Å². The first kappa shape index (κ1) is 14.0. The number of aryl methyl sites for hydroxylation is 1. The van der Waals surface area contributed by atoms with Gasteiger partial charge in [-0.3, -0.25) is 0 Å². The van der Waals surface area contributed by atoms with Crippen LogP contribution in [0.4, 0.5) is 0 Å². The molecule has 5 heteroatoms. The Hall–Kier alpha value is -0.100. The summed E-state index contributed by atoms with van der Waals surface area (Å²) >= 11 is 3.36. The topological polar surface area (TPSA) is 45.1 Å². The standard InChI is InChI=1S/C11H20N2OS2/c1-8(2)13-11(4,6-14)7-16-10-12-9(3)5-15-10/h5,8,13-14H,6-7H2,1-4H3. The summed E-state index contributed by atoms with van der Waals surface area (Å²) in [4.78, 5) is 4.40. The highest BCUT2D eigenvalue weighted by molar-refractivity contribution is 8.01. The Balaban J connectivity index is 2.50. The summed E-state index contributed by atoms with van der Waals surface area (Å²) in [7, 11) is 0. The Labute approximate surface area is 106 Å². The Morgan fingerprint density at radius 1 is 1.62 bits per heavy atom. The van der Waals surface area contributed by atoms with E-state index in [-0.39, 0.29) is 12.1 Å². The Morgan fingerprint density at radius 3 is 2.75 bits per heavy atom. The van der Waals surface area contributed by atoms with Crippen LogP contribution < -0.4 is 5.32 Å². The van der Waals surface area contributed by atoms with Crippen LogP contribution >= 0.6 is 23.1 Å². The summed E-state index contributed by atoms with van der Waals surface area (Å²) in [5.74, 6) is 0.828. The van der Waals surface area contributed by atoms with Gasteiger partial charge in [0.15, 0.2) is 0 Å². The molecule has 92 valence electrons. The number of hydrogen-bond donors (Lipinski definition) is 2. The Morgan fingerprint density at radius 2 is 2.31 bits per heavy atom. The number of thiazole rings is 1. The minimum absolute atomic E-state index is 0.141. The summed E-state index contributed by atoms with van der Waals surface area (Å²) < 4.78 is 1.07. The van der Waals surface area contributed by atoms with Crippen molar-refractivity contribution in [2.45, 2.75) is 43.6 Å². The van der Waals surface area contributed by atoms with Crippen LogP contribution in [0.3, 0.4) is 0 Å². The Bertz CT molecular complexity index is 328. The molecule has 0 aliphatic rings. The van der Waals surface area contributed by atoms with Gasteiger partial charge in [-0.15, -0.1) is 11.3 Å². The molecule has 1 aromatic rings. The highest BCUT2D eigenvalue weighted by Crippen LogP contribution is 2.25. The molecular formula is C11H20N2OS2. The number of nitrogens with zero attached hydrogens (tertiary/aromatic N) is 1. The SMILES string of the molecule is Cc1csc(SCC(C)(CO)NC(C)C)n1. The van der Waals surface area contributed by atoms with Gasteiger partial charge in [0.2, 0.25) is 0 Å². The molecule has 0 spiro atoms. The molecule has 16 heavy (non-hydrogen) atoms. The first-order valence-electron chi connectivity index (χ1n) is 5.39. The van der Waals surface area contributed by atoms with Crippen molar-refractivity contribution in [1.29, 1.82) is 0 Å². The summed E-state index contributed by atoms with van der Waals surface area (Å²) in [6.45, 7) is 8.36. The molecular weight excluding hydrogens is 240 g/mol. The average Bonchev–Trinajstić information content (AvgIpc) is 2.60. The lowest BCUT2D eigenvalue weighted by atomic mass is 10.1. The van der Waals surface area contributed by atoms with E-state index < -0.39 is 0 Å². The molecule has 1 heterocycles. The molecule has 1 rings (SSSR count). The predicted molar refractivity (Wildman–Crippen MR) is 71.3 cm³/mol. The van der Waals surface area contributed by atoms with E-state index in [0.29, 0.717) is 6.04 Å². The van der Waals surface area contributed by atoms with Crippen molar-refractivity contribution in [3.05, 3.63) is 11.1 Å². The third kappa shape index (κ3) is 4.41. The maximum Gasteiger partial charge on any atom is 0.150 e. The lowest BCUT2D eigenvalue weighted by Crippen LogP contribution is -2.51. The van der Waals surface area contributed by atoms with Crippen molar-refractivity contribution in [2.24, 2.45) is 0 Å². The molecule has 0 saturated carbocycles. The number of hydrogen-bond acceptors (Lipinski definition) is 5. The number of nitrogens with one attached hydrogen (secondary N) is 1. The second-order valence-electron chi connectivity index (χ2n) is 4.56. The van der Waals surface area contributed by atoms with Crippen LogP contribution in [0.5, 0.6) is 0 Å². The fourth-order valence-electron chi connectivity index (χ4n) is 1.45. The molecule has 0 aliphatic heterocycles. The van der Waals surface area contributed by atoms with Crippen LogP contribution in [0, 0.1) is 6.92 Å². The van der Waals surface area contributed by atoms with E-state index >= 15 is 0 Å². The lowest BCUT2D eigenvalue weighted by molar-refractivity contribution is 0.183. The largest absolute Gasteiger partial charge is 0.394 e. The molecule has 1 unspecified atom stereocenters. The van der Waals surface area contributed by atoms with Crippen molar-refractivity contribution in [3.63, 3.8) is 0 Å². The molecule has 0 aromatic carbocycles. The molecule has 0 aliphatic carbocycles. The van der Waals surface area contributed by atoms with E-state index in [0.717, 1.165) is 15.8 Å². The van der Waals surface area contributed by atoms with Gasteiger partial charge in [-0.1, -0.05) is 25.6 Å². The molecule has 0 saturated heterocycles. The fourth-order valence-corrected chi connectivity index (χ4v) is 3.39. The van der Waals surface area contributed by atoms with Crippen LogP contribution in [-0.4, -0.2) is 34.0 Å². The van der Waals surface area contributed by atoms with E-state index in [1.807, 2.05) is 13.8 Å². The number of aliphatic hydroxyl groups is 1. The van der Waals surface area contributed by atoms with Gasteiger partial charge < -0.3 is 10.4 Å². The molecule has 0 fully saturated rings. The molecule has 1 atom stereocenters. The van der Waals surface area contributed by atoms with Crippen molar-refractivity contribution in [3.8, 4) is 0 Å². The Kier molecular flexibility index (Phi) is 5.24. The molecule has 1 aromatic heterocycles. The van der Waals surface area contributed by atoms with Gasteiger partial charge >= 0.3 is 0 Å². The lowest BCUT2D eigenvalue weighted by Gasteiger charge is -2.30. The van der Waals surface area contributed by atoms with Crippen molar-refractivity contribution < 1.29 is 5.11 Å². The van der Waals surface area contributed by atoms with Gasteiger partial charge in [0.05, 0.1) is 6.61 Å². The monoisotopic (exact) mass is 260 g/mol. The zero-order chi connectivity index (χ0) is 12.2. The van der Waals surface area contributed by atoms with Crippen LogP contribution in [0.15, 0.2) is 9.72 Å².